The molecule has 0 saturated carbocycles. The molecule has 2 aliphatic heterocycles. The van der Waals surface area contributed by atoms with Crippen molar-refractivity contribution in [3.8, 4) is 6.07 Å². The average Bonchev–Trinajstić information content (AvgIpc) is 2.99. The third kappa shape index (κ3) is 4.01. The second-order valence-electron chi connectivity index (χ2n) is 8.65. The second-order valence-corrected chi connectivity index (χ2v) is 8.65. The normalized spacial score (nSPS) is 20.4. The SMILES string of the molecule is CCCCN1C(=CC=C2C(=O)N(CCOC)C(=O)C(C#N)=C2C)C(C)(C)c2ccccc21. The summed E-state index contributed by atoms with van der Waals surface area (Å²) in [6.45, 7) is 9.41. The number of rotatable bonds is 7. The van der Waals surface area contributed by atoms with Crippen molar-refractivity contribution in [2.24, 2.45) is 0 Å². The van der Waals surface area contributed by atoms with Crippen LogP contribution in [0.15, 0.2) is 58.8 Å². The highest BCUT2D eigenvalue weighted by atomic mass is 16.5. The Morgan fingerprint density at radius 2 is 1.81 bits per heavy atom. The minimum absolute atomic E-state index is 0.00200. The number of para-hydroxylation sites is 1. The molecule has 6 nitrogen and oxygen atoms in total. The number of nitriles is 1. The highest BCUT2D eigenvalue weighted by Crippen LogP contribution is 2.47. The van der Waals surface area contributed by atoms with Crippen LogP contribution in [0, 0.1) is 11.3 Å². The Bertz CT molecular complexity index is 1060. The molecule has 2 aliphatic rings. The number of imide groups is 1. The lowest BCUT2D eigenvalue weighted by Crippen LogP contribution is -2.44. The average molecular weight is 434 g/mol. The quantitative estimate of drug-likeness (QED) is 0.475. The highest BCUT2D eigenvalue weighted by molar-refractivity contribution is 6.18. The summed E-state index contributed by atoms with van der Waals surface area (Å²) in [6, 6.07) is 10.4. The Morgan fingerprint density at radius 1 is 1.09 bits per heavy atom. The molecule has 32 heavy (non-hydrogen) atoms. The van der Waals surface area contributed by atoms with E-state index in [2.05, 4.69) is 43.9 Å². The maximum atomic E-state index is 13.1. The van der Waals surface area contributed by atoms with E-state index >= 15 is 0 Å². The molecule has 0 fully saturated rings. The highest BCUT2D eigenvalue weighted by Gasteiger charge is 2.40. The van der Waals surface area contributed by atoms with Crippen molar-refractivity contribution in [2.75, 3.05) is 31.7 Å². The van der Waals surface area contributed by atoms with E-state index in [-0.39, 0.29) is 24.1 Å². The summed E-state index contributed by atoms with van der Waals surface area (Å²) >= 11 is 0. The molecule has 0 atom stereocenters. The number of ether oxygens (including phenoxy) is 1. The fraction of sp³-hybridized carbons (Fsp3) is 0.423. The predicted octanol–water partition coefficient (Wildman–Crippen LogP) is 4.25. The first-order chi connectivity index (χ1) is 15.3. The minimum Gasteiger partial charge on any atom is -0.383 e. The number of carbonyl (C=O) groups is 2. The second kappa shape index (κ2) is 9.54. The minimum atomic E-state index is -0.560. The number of hydrogen-bond donors (Lipinski definition) is 0. The van der Waals surface area contributed by atoms with Gasteiger partial charge in [-0.15, -0.1) is 0 Å². The topological polar surface area (TPSA) is 73.6 Å². The maximum absolute atomic E-state index is 13.1. The van der Waals surface area contributed by atoms with Crippen LogP contribution in [0.25, 0.3) is 0 Å². The molecule has 0 unspecified atom stereocenters. The first-order valence-electron chi connectivity index (χ1n) is 11.1. The monoisotopic (exact) mass is 433 g/mol. The van der Waals surface area contributed by atoms with Gasteiger partial charge in [-0.2, -0.15) is 5.26 Å². The summed E-state index contributed by atoms with van der Waals surface area (Å²) in [5.74, 6) is -0.955. The van der Waals surface area contributed by atoms with Crippen LogP contribution in [0.2, 0.25) is 0 Å². The van der Waals surface area contributed by atoms with E-state index in [1.165, 1.54) is 18.4 Å². The summed E-state index contributed by atoms with van der Waals surface area (Å²) in [7, 11) is 1.51. The largest absolute Gasteiger partial charge is 0.383 e. The Hall–Kier alpha value is -3.17. The van der Waals surface area contributed by atoms with Crippen molar-refractivity contribution in [3.63, 3.8) is 0 Å². The van der Waals surface area contributed by atoms with Crippen LogP contribution in [0.3, 0.4) is 0 Å². The first kappa shape index (κ1) is 23.5. The number of methoxy groups -OCH3 is 1. The molecule has 2 amide bonds. The van der Waals surface area contributed by atoms with Crippen LogP contribution in [0.1, 0.15) is 46.1 Å². The zero-order chi connectivity index (χ0) is 23.5. The van der Waals surface area contributed by atoms with Crippen molar-refractivity contribution in [1.29, 1.82) is 5.26 Å². The van der Waals surface area contributed by atoms with Crippen LogP contribution < -0.4 is 4.90 Å². The molecule has 0 saturated heterocycles. The smallest absolute Gasteiger partial charge is 0.271 e. The van der Waals surface area contributed by atoms with Gasteiger partial charge >= 0.3 is 0 Å². The molecule has 6 heteroatoms. The Balaban J connectivity index is 2.10. The molecule has 2 heterocycles. The molecule has 0 N–H and O–H groups in total. The Labute approximate surface area is 190 Å². The molecule has 0 aromatic heterocycles. The molecule has 0 spiro atoms. The van der Waals surface area contributed by atoms with Gasteiger partial charge in [-0.25, -0.2) is 0 Å². The van der Waals surface area contributed by atoms with Gasteiger partial charge in [0, 0.05) is 36.0 Å². The number of hydrogen-bond acceptors (Lipinski definition) is 5. The molecule has 3 rings (SSSR count). The molecular weight excluding hydrogens is 402 g/mol. The number of anilines is 1. The Morgan fingerprint density at radius 3 is 2.47 bits per heavy atom. The number of unbranched alkanes of at least 4 members (excludes halogenated alkanes) is 1. The molecule has 0 aliphatic carbocycles. The van der Waals surface area contributed by atoms with E-state index < -0.39 is 11.8 Å². The summed E-state index contributed by atoms with van der Waals surface area (Å²) in [5.41, 5.74) is 4.08. The standard InChI is InChI=1S/C26H31N3O3/c1-6-7-14-28-22-11-9-8-10-21(22)26(3,4)23(28)13-12-19-18(2)20(17-27)25(31)29(24(19)30)15-16-32-5/h8-13H,6-7,14-16H2,1-5H3. The van der Waals surface area contributed by atoms with E-state index in [4.69, 9.17) is 4.74 Å². The van der Waals surface area contributed by atoms with Gasteiger partial charge in [0.1, 0.15) is 11.6 Å². The number of benzene rings is 1. The summed E-state index contributed by atoms with van der Waals surface area (Å²) in [6.07, 6.45) is 5.87. The molecule has 0 bridgehead atoms. The lowest BCUT2D eigenvalue weighted by Gasteiger charge is -2.28. The summed E-state index contributed by atoms with van der Waals surface area (Å²) in [4.78, 5) is 29.2. The van der Waals surface area contributed by atoms with Crippen molar-refractivity contribution >= 4 is 17.5 Å². The van der Waals surface area contributed by atoms with Crippen molar-refractivity contribution in [3.05, 3.63) is 64.4 Å². The molecule has 1 aromatic rings. The van der Waals surface area contributed by atoms with Crippen LogP contribution >= 0.6 is 0 Å². The van der Waals surface area contributed by atoms with Gasteiger partial charge in [-0.05, 0) is 42.7 Å². The van der Waals surface area contributed by atoms with Gasteiger partial charge in [0.05, 0.1) is 13.2 Å². The summed E-state index contributed by atoms with van der Waals surface area (Å²) < 4.78 is 5.05. The van der Waals surface area contributed by atoms with Gasteiger partial charge in [0.25, 0.3) is 11.8 Å². The molecule has 1 aromatic carbocycles. The van der Waals surface area contributed by atoms with E-state index in [0.717, 1.165) is 30.0 Å². The summed E-state index contributed by atoms with van der Waals surface area (Å²) in [5, 5.41) is 9.55. The van der Waals surface area contributed by atoms with Gasteiger partial charge < -0.3 is 9.64 Å². The number of carbonyl (C=O) groups excluding carboxylic acids is 2. The molecular formula is C26H31N3O3. The Kier molecular flexibility index (Phi) is 7.00. The fourth-order valence-electron chi connectivity index (χ4n) is 4.40. The van der Waals surface area contributed by atoms with Crippen molar-refractivity contribution in [1.82, 2.24) is 4.90 Å². The van der Waals surface area contributed by atoms with Gasteiger partial charge in [-0.3, -0.25) is 14.5 Å². The lowest BCUT2D eigenvalue weighted by atomic mass is 9.83. The van der Waals surface area contributed by atoms with E-state index in [1.807, 2.05) is 18.2 Å². The van der Waals surface area contributed by atoms with Crippen molar-refractivity contribution in [2.45, 2.75) is 46.0 Å². The van der Waals surface area contributed by atoms with Crippen LogP contribution in [0.5, 0.6) is 0 Å². The zero-order valence-corrected chi connectivity index (χ0v) is 19.6. The third-order valence-corrected chi connectivity index (χ3v) is 6.29. The third-order valence-electron chi connectivity index (χ3n) is 6.29. The number of amides is 2. The molecule has 168 valence electrons. The first-order valence-corrected chi connectivity index (χ1v) is 11.1. The number of allylic oxidation sites excluding steroid dienone is 3. The maximum Gasteiger partial charge on any atom is 0.271 e. The van der Waals surface area contributed by atoms with Gasteiger partial charge in [-0.1, -0.05) is 45.4 Å². The van der Waals surface area contributed by atoms with Gasteiger partial charge in [0.2, 0.25) is 0 Å². The van der Waals surface area contributed by atoms with E-state index in [9.17, 15) is 14.9 Å². The lowest BCUT2D eigenvalue weighted by molar-refractivity contribution is -0.141. The number of fused-ring (bicyclic) bond motifs is 1. The fourth-order valence-corrected chi connectivity index (χ4v) is 4.40. The van der Waals surface area contributed by atoms with E-state index in [1.54, 1.807) is 13.0 Å². The van der Waals surface area contributed by atoms with Crippen LogP contribution in [0.4, 0.5) is 5.69 Å². The number of nitrogens with zero attached hydrogens (tertiary/aromatic N) is 3. The predicted molar refractivity (Wildman–Crippen MR) is 125 cm³/mol. The van der Waals surface area contributed by atoms with Gasteiger partial charge in [0.15, 0.2) is 0 Å². The molecule has 0 radical (unpaired) electrons. The van der Waals surface area contributed by atoms with Crippen molar-refractivity contribution < 1.29 is 14.3 Å². The van der Waals surface area contributed by atoms with E-state index in [0.29, 0.717) is 11.1 Å². The van der Waals surface area contributed by atoms with Crippen LogP contribution in [-0.4, -0.2) is 43.5 Å². The van der Waals surface area contributed by atoms with Crippen LogP contribution in [-0.2, 0) is 19.7 Å². The zero-order valence-electron chi connectivity index (χ0n) is 19.6.